The lowest BCUT2D eigenvalue weighted by atomic mass is 9.89. The van der Waals surface area contributed by atoms with Gasteiger partial charge < -0.3 is 27.2 Å². The Balaban J connectivity index is 0.000000287. The molecule has 2 aromatic rings. The number of nitrogen functional groups attached to an aromatic ring is 1. The van der Waals surface area contributed by atoms with Gasteiger partial charge in [-0.05, 0) is 55.7 Å². The van der Waals surface area contributed by atoms with Crippen LogP contribution < -0.4 is 22.1 Å². The lowest BCUT2D eigenvalue weighted by Gasteiger charge is -2.27. The number of aromatic nitrogens is 2. The average Bonchev–Trinajstić information content (AvgIpc) is 3.43. The Morgan fingerprint density at radius 1 is 1.34 bits per heavy atom. The van der Waals surface area contributed by atoms with Crippen molar-refractivity contribution in [3.05, 3.63) is 52.1 Å². The van der Waals surface area contributed by atoms with E-state index < -0.39 is 5.60 Å². The standard InChI is InChI=1S/C17H26N6O2.C7H7ClFN/c1-21-13(5-14(18)19)17(25)6-10-3-9(4-11(10)7-17)15-12(8-24)16(20)23(2)22-15;1-10-5-2-3-7(9)6(8)4-5/h5,8-11,21,25H,3-4,6-7,20H2,1-2H3,(H3,18,19);2-4,10H,1H3/b13-5-;. The largest absolute Gasteiger partial charge is 0.389 e. The molecule has 2 atom stereocenters. The van der Waals surface area contributed by atoms with Gasteiger partial charge in [0, 0.05) is 44.5 Å². The molecule has 1 aromatic carbocycles. The van der Waals surface area contributed by atoms with E-state index >= 15 is 0 Å². The van der Waals surface area contributed by atoms with Crippen LogP contribution >= 0.6 is 11.6 Å². The molecule has 2 aliphatic carbocycles. The minimum atomic E-state index is -0.975. The van der Waals surface area contributed by atoms with E-state index in [4.69, 9.17) is 28.5 Å². The summed E-state index contributed by atoms with van der Waals surface area (Å²) in [4.78, 5) is 11.4. The number of aryl methyl sites for hydroxylation is 1. The van der Waals surface area contributed by atoms with Gasteiger partial charge in [0.1, 0.15) is 23.1 Å². The van der Waals surface area contributed by atoms with Crippen molar-refractivity contribution in [3.8, 4) is 0 Å². The smallest absolute Gasteiger partial charge is 0.155 e. The third kappa shape index (κ3) is 5.59. The fraction of sp³-hybridized carbons (Fsp3) is 0.458. The molecular formula is C24H33ClFN7O2. The zero-order valence-corrected chi connectivity index (χ0v) is 20.9. The van der Waals surface area contributed by atoms with Crippen molar-refractivity contribution in [2.45, 2.75) is 37.2 Å². The van der Waals surface area contributed by atoms with Crippen molar-refractivity contribution in [2.24, 2.45) is 24.6 Å². The average molecular weight is 506 g/mol. The normalized spacial score (nSPS) is 25.4. The van der Waals surface area contributed by atoms with Crippen LogP contribution in [0.15, 0.2) is 30.0 Å². The number of amidine groups is 1. The Morgan fingerprint density at radius 2 is 1.97 bits per heavy atom. The van der Waals surface area contributed by atoms with E-state index in [0.29, 0.717) is 41.8 Å². The van der Waals surface area contributed by atoms with Crippen molar-refractivity contribution in [3.63, 3.8) is 0 Å². The van der Waals surface area contributed by atoms with Gasteiger partial charge in [-0.25, -0.2) is 4.39 Å². The Labute approximate surface area is 209 Å². The second-order valence-corrected chi connectivity index (χ2v) is 9.60. The number of likely N-dealkylation sites (N-methyl/N-ethyl adjacent to an activating group) is 1. The summed E-state index contributed by atoms with van der Waals surface area (Å²) in [5, 5.41) is 28.9. The zero-order chi connectivity index (χ0) is 25.9. The number of nitrogens with one attached hydrogen (secondary N) is 3. The molecule has 2 fully saturated rings. The van der Waals surface area contributed by atoms with Gasteiger partial charge in [-0.1, -0.05) is 11.6 Å². The Morgan fingerprint density at radius 3 is 2.46 bits per heavy atom. The number of fused-ring (bicyclic) bond motifs is 1. The highest BCUT2D eigenvalue weighted by Gasteiger charge is 2.51. The minimum Gasteiger partial charge on any atom is -0.389 e. The molecule has 0 amide bonds. The van der Waals surface area contributed by atoms with E-state index in [1.807, 2.05) is 0 Å². The number of nitrogens with two attached hydrogens (primary N) is 2. The number of anilines is 2. The molecule has 2 unspecified atom stereocenters. The van der Waals surface area contributed by atoms with Crippen LogP contribution in [-0.4, -0.2) is 46.7 Å². The van der Waals surface area contributed by atoms with E-state index in [1.165, 1.54) is 18.2 Å². The summed E-state index contributed by atoms with van der Waals surface area (Å²) in [6, 6.07) is 4.49. The first-order valence-electron chi connectivity index (χ1n) is 11.4. The Bertz CT molecular complexity index is 1120. The lowest BCUT2D eigenvalue weighted by molar-refractivity contribution is 0.0698. The minimum absolute atomic E-state index is 0.0766. The molecule has 1 heterocycles. The number of rotatable bonds is 6. The summed E-state index contributed by atoms with van der Waals surface area (Å²) in [5.41, 5.74) is 13.1. The van der Waals surface area contributed by atoms with Gasteiger partial charge in [0.25, 0.3) is 0 Å². The van der Waals surface area contributed by atoms with Gasteiger partial charge in [0.05, 0.1) is 16.3 Å². The monoisotopic (exact) mass is 505 g/mol. The van der Waals surface area contributed by atoms with Gasteiger partial charge >= 0.3 is 0 Å². The summed E-state index contributed by atoms with van der Waals surface area (Å²) >= 11 is 5.48. The van der Waals surface area contributed by atoms with Gasteiger partial charge in [0.15, 0.2) is 6.29 Å². The van der Waals surface area contributed by atoms with Crippen molar-refractivity contribution < 1.29 is 14.3 Å². The molecular weight excluding hydrogens is 473 g/mol. The third-order valence-corrected chi connectivity index (χ3v) is 7.27. The highest BCUT2D eigenvalue weighted by atomic mass is 35.5. The summed E-state index contributed by atoms with van der Waals surface area (Å²) in [6.07, 6.45) is 5.27. The van der Waals surface area contributed by atoms with Gasteiger partial charge in [0.2, 0.25) is 0 Å². The van der Waals surface area contributed by atoms with Crippen LogP contribution in [0.5, 0.6) is 0 Å². The second kappa shape index (κ2) is 10.7. The first-order valence-corrected chi connectivity index (χ1v) is 11.8. The molecule has 8 N–H and O–H groups in total. The molecule has 1 aromatic heterocycles. The molecule has 0 aliphatic heterocycles. The molecule has 190 valence electrons. The van der Waals surface area contributed by atoms with E-state index in [1.54, 1.807) is 31.9 Å². The SMILES string of the molecule is CN/C(=C\C(=N)N)C1(O)CC2CC(c3nn(C)c(N)c3C=O)CC2C1.CNc1ccc(F)c(Cl)c1. The maximum Gasteiger partial charge on any atom is 0.155 e. The molecule has 2 saturated carbocycles. The zero-order valence-electron chi connectivity index (χ0n) is 20.1. The fourth-order valence-electron chi connectivity index (χ4n) is 5.35. The number of carbonyl (C=O) groups excluding carboxylic acids is 1. The van der Waals surface area contributed by atoms with Crippen LogP contribution in [0.4, 0.5) is 15.9 Å². The Hall–Kier alpha value is -3.11. The number of nitrogens with zero attached hydrogens (tertiary/aromatic N) is 2. The summed E-state index contributed by atoms with van der Waals surface area (Å²) in [6.45, 7) is 0. The van der Waals surface area contributed by atoms with E-state index in [-0.39, 0.29) is 22.6 Å². The molecule has 0 spiro atoms. The molecule has 0 radical (unpaired) electrons. The van der Waals surface area contributed by atoms with Gasteiger partial charge in [-0.3, -0.25) is 14.9 Å². The first kappa shape index (κ1) is 26.5. The maximum absolute atomic E-state index is 12.5. The van der Waals surface area contributed by atoms with Crippen molar-refractivity contribution in [1.29, 1.82) is 5.41 Å². The van der Waals surface area contributed by atoms with E-state index in [9.17, 15) is 14.3 Å². The van der Waals surface area contributed by atoms with Crippen molar-refractivity contribution >= 4 is 35.2 Å². The topological polar surface area (TPSA) is 155 Å². The molecule has 0 saturated heterocycles. The number of hydrogen-bond donors (Lipinski definition) is 6. The molecule has 2 aliphatic rings. The Kier molecular flexibility index (Phi) is 8.07. The highest BCUT2D eigenvalue weighted by Crippen LogP contribution is 2.55. The van der Waals surface area contributed by atoms with Crippen LogP contribution in [-0.2, 0) is 7.05 Å². The number of hydrogen-bond acceptors (Lipinski definition) is 7. The number of carbonyl (C=O) groups is 1. The van der Waals surface area contributed by atoms with Gasteiger partial charge in [-0.2, -0.15) is 5.10 Å². The molecule has 4 rings (SSSR count). The third-order valence-electron chi connectivity index (χ3n) is 6.98. The lowest BCUT2D eigenvalue weighted by Crippen LogP contribution is -2.36. The molecule has 9 nitrogen and oxygen atoms in total. The van der Waals surface area contributed by atoms with Crippen LogP contribution in [0.1, 0.15) is 47.7 Å². The van der Waals surface area contributed by atoms with Gasteiger partial charge in [-0.15, -0.1) is 0 Å². The first-order chi connectivity index (χ1) is 16.5. The predicted octanol–water partition coefficient (Wildman–Crippen LogP) is 3.01. The fourth-order valence-corrected chi connectivity index (χ4v) is 5.53. The predicted molar refractivity (Wildman–Crippen MR) is 136 cm³/mol. The molecule has 11 heteroatoms. The van der Waals surface area contributed by atoms with Crippen molar-refractivity contribution in [1.82, 2.24) is 15.1 Å². The highest BCUT2D eigenvalue weighted by molar-refractivity contribution is 6.31. The molecule has 0 bridgehead atoms. The summed E-state index contributed by atoms with van der Waals surface area (Å²) < 4.78 is 14.0. The summed E-state index contributed by atoms with van der Waals surface area (Å²) in [5.74, 6) is 0.828. The van der Waals surface area contributed by atoms with Crippen LogP contribution in [0.3, 0.4) is 0 Å². The van der Waals surface area contributed by atoms with Crippen molar-refractivity contribution in [2.75, 3.05) is 25.1 Å². The van der Waals surface area contributed by atoms with Crippen LogP contribution in [0.25, 0.3) is 0 Å². The van der Waals surface area contributed by atoms with E-state index in [2.05, 4.69) is 15.7 Å². The number of aliphatic hydroxyl groups is 1. The number of benzene rings is 1. The van der Waals surface area contributed by atoms with E-state index in [0.717, 1.165) is 30.5 Å². The van der Waals surface area contributed by atoms with Crippen LogP contribution in [0.2, 0.25) is 5.02 Å². The second-order valence-electron chi connectivity index (χ2n) is 9.20. The van der Waals surface area contributed by atoms with Crippen LogP contribution in [0, 0.1) is 23.1 Å². The molecule has 35 heavy (non-hydrogen) atoms. The quantitative estimate of drug-likeness (QED) is 0.200. The number of halogens is 2. The maximum atomic E-state index is 12.5. The summed E-state index contributed by atoms with van der Waals surface area (Å²) in [7, 11) is 5.23. The number of aldehydes is 1.